The Morgan fingerprint density at radius 1 is 1.33 bits per heavy atom. The summed E-state index contributed by atoms with van der Waals surface area (Å²) in [5.74, 6) is 0.793. The molecule has 0 aliphatic rings. The number of carbonyl (C=O) groups excluding carboxylic acids is 1. The number of hydrogen-bond acceptors (Lipinski definition) is 3. The van der Waals surface area contributed by atoms with Crippen molar-refractivity contribution in [2.24, 2.45) is 0 Å². The van der Waals surface area contributed by atoms with Gasteiger partial charge in [-0.3, -0.25) is 4.79 Å². The third-order valence-corrected chi connectivity index (χ3v) is 2.56. The average molecular weight is 224 g/mol. The molecule has 1 amide bonds. The van der Waals surface area contributed by atoms with Crippen molar-refractivity contribution in [2.75, 3.05) is 30.1 Å². The predicted octanol–water partition coefficient (Wildman–Crippen LogP) is 3.04. The van der Waals surface area contributed by atoms with E-state index >= 15 is 0 Å². The Labute approximate surface area is 94.9 Å². The summed E-state index contributed by atoms with van der Waals surface area (Å²) >= 11 is 1.28. The van der Waals surface area contributed by atoms with Gasteiger partial charge in [-0.05, 0) is 30.0 Å². The van der Waals surface area contributed by atoms with Crippen LogP contribution in [0.25, 0.3) is 0 Å². The first-order chi connectivity index (χ1) is 7.13. The first kappa shape index (κ1) is 11.9. The molecule has 15 heavy (non-hydrogen) atoms. The normalized spacial score (nSPS) is 9.80. The van der Waals surface area contributed by atoms with Crippen LogP contribution in [-0.2, 0) is 0 Å². The average Bonchev–Trinajstić information content (AvgIpc) is 2.18. The van der Waals surface area contributed by atoms with Crippen molar-refractivity contribution in [3.05, 3.63) is 24.3 Å². The van der Waals surface area contributed by atoms with Crippen LogP contribution in [0.2, 0.25) is 0 Å². The van der Waals surface area contributed by atoms with E-state index < -0.39 is 0 Å². The fourth-order valence-electron chi connectivity index (χ4n) is 1.13. The van der Waals surface area contributed by atoms with Gasteiger partial charge in [0.2, 0.25) is 0 Å². The van der Waals surface area contributed by atoms with E-state index in [-0.39, 0.29) is 5.24 Å². The molecule has 1 N–H and O–H groups in total. The molecule has 0 heterocycles. The van der Waals surface area contributed by atoms with Crippen molar-refractivity contribution in [1.82, 2.24) is 0 Å². The lowest BCUT2D eigenvalue weighted by atomic mass is 10.3. The van der Waals surface area contributed by atoms with Crippen molar-refractivity contribution in [3.63, 3.8) is 0 Å². The molecule has 1 aromatic carbocycles. The zero-order valence-corrected chi connectivity index (χ0v) is 10.1. The number of anilines is 2. The van der Waals surface area contributed by atoms with Gasteiger partial charge in [0.05, 0.1) is 0 Å². The number of carbonyl (C=O) groups is 1. The van der Waals surface area contributed by atoms with Crippen LogP contribution in [0, 0.1) is 0 Å². The maximum absolute atomic E-state index is 11.3. The number of amides is 1. The molecule has 3 nitrogen and oxygen atoms in total. The second-order valence-corrected chi connectivity index (χ2v) is 4.52. The summed E-state index contributed by atoms with van der Waals surface area (Å²) in [5, 5.41) is 2.81. The minimum absolute atomic E-state index is 0.00453. The minimum atomic E-state index is -0.00453. The van der Waals surface area contributed by atoms with Crippen LogP contribution < -0.4 is 10.2 Å². The highest BCUT2D eigenvalue weighted by molar-refractivity contribution is 8.13. The van der Waals surface area contributed by atoms with E-state index in [2.05, 4.69) is 5.32 Å². The van der Waals surface area contributed by atoms with Gasteiger partial charge in [-0.25, -0.2) is 0 Å². The van der Waals surface area contributed by atoms with E-state index in [1.165, 1.54) is 11.8 Å². The summed E-state index contributed by atoms with van der Waals surface area (Å²) in [4.78, 5) is 13.3. The molecule has 1 rings (SSSR count). The Bertz CT molecular complexity index is 322. The maximum atomic E-state index is 11.3. The van der Waals surface area contributed by atoms with Crippen LogP contribution in [0.3, 0.4) is 0 Å². The van der Waals surface area contributed by atoms with Gasteiger partial charge in [-0.15, -0.1) is 0 Å². The fraction of sp³-hybridized carbons (Fsp3) is 0.364. The molecule has 1 aromatic rings. The fourth-order valence-corrected chi connectivity index (χ4v) is 1.58. The molecule has 0 aliphatic carbocycles. The third-order valence-electron chi connectivity index (χ3n) is 1.91. The first-order valence-corrected chi connectivity index (χ1v) is 5.83. The van der Waals surface area contributed by atoms with Crippen molar-refractivity contribution < 1.29 is 4.79 Å². The predicted molar refractivity (Wildman–Crippen MR) is 67.9 cm³/mol. The standard InChI is InChI=1S/C11H16N2OS/c1-4-15-11(14)12-9-5-7-10(8-6-9)13(2)3/h5-8H,4H2,1-3H3,(H,12,14). The monoisotopic (exact) mass is 224 g/mol. The lowest BCUT2D eigenvalue weighted by molar-refractivity contribution is 0.270. The Kier molecular flexibility index (Phi) is 4.49. The second-order valence-electron chi connectivity index (χ2n) is 3.29. The van der Waals surface area contributed by atoms with Crippen molar-refractivity contribution in [2.45, 2.75) is 6.92 Å². The molecule has 0 bridgehead atoms. The van der Waals surface area contributed by atoms with Gasteiger partial charge >= 0.3 is 0 Å². The summed E-state index contributed by atoms with van der Waals surface area (Å²) in [5.41, 5.74) is 1.96. The molecule has 0 saturated heterocycles. The number of nitrogens with one attached hydrogen (secondary N) is 1. The van der Waals surface area contributed by atoms with Crippen molar-refractivity contribution in [1.29, 1.82) is 0 Å². The van der Waals surface area contributed by atoms with E-state index in [1.54, 1.807) is 0 Å². The van der Waals surface area contributed by atoms with Crippen LogP contribution in [0.1, 0.15) is 6.92 Å². The molecule has 0 aromatic heterocycles. The van der Waals surface area contributed by atoms with E-state index in [0.29, 0.717) is 0 Å². The summed E-state index contributed by atoms with van der Waals surface area (Å²) in [6, 6.07) is 7.77. The van der Waals surface area contributed by atoms with Gasteiger partial charge in [0, 0.05) is 25.5 Å². The minimum Gasteiger partial charge on any atom is -0.378 e. The molecular weight excluding hydrogens is 208 g/mol. The Balaban J connectivity index is 2.60. The molecule has 0 aliphatic heterocycles. The number of benzene rings is 1. The largest absolute Gasteiger partial charge is 0.378 e. The highest BCUT2D eigenvalue weighted by atomic mass is 32.2. The molecule has 0 spiro atoms. The van der Waals surface area contributed by atoms with E-state index in [4.69, 9.17) is 0 Å². The van der Waals surface area contributed by atoms with Crippen LogP contribution in [0.4, 0.5) is 16.2 Å². The zero-order chi connectivity index (χ0) is 11.3. The molecular formula is C11H16N2OS. The van der Waals surface area contributed by atoms with Gasteiger partial charge in [0.25, 0.3) is 5.24 Å². The van der Waals surface area contributed by atoms with Crippen molar-refractivity contribution >= 4 is 28.4 Å². The molecule has 0 fully saturated rings. The molecule has 82 valence electrons. The second kappa shape index (κ2) is 5.66. The van der Waals surface area contributed by atoms with Crippen LogP contribution in [0.15, 0.2) is 24.3 Å². The van der Waals surface area contributed by atoms with E-state index in [1.807, 2.05) is 50.2 Å². The lowest BCUT2D eigenvalue weighted by Crippen LogP contribution is -2.09. The molecule has 0 atom stereocenters. The zero-order valence-electron chi connectivity index (χ0n) is 9.28. The summed E-state index contributed by atoms with van der Waals surface area (Å²) in [7, 11) is 3.97. The molecule has 0 radical (unpaired) electrons. The smallest absolute Gasteiger partial charge is 0.283 e. The van der Waals surface area contributed by atoms with E-state index in [0.717, 1.165) is 17.1 Å². The summed E-state index contributed by atoms with van der Waals surface area (Å²) in [6.07, 6.45) is 0. The van der Waals surface area contributed by atoms with Crippen LogP contribution >= 0.6 is 11.8 Å². The Morgan fingerprint density at radius 3 is 2.40 bits per heavy atom. The highest BCUT2D eigenvalue weighted by Gasteiger charge is 2.01. The van der Waals surface area contributed by atoms with Gasteiger partial charge in [0.15, 0.2) is 0 Å². The number of hydrogen-bond donors (Lipinski definition) is 1. The van der Waals surface area contributed by atoms with Crippen molar-refractivity contribution in [3.8, 4) is 0 Å². The van der Waals surface area contributed by atoms with Crippen LogP contribution in [-0.4, -0.2) is 25.1 Å². The quantitative estimate of drug-likeness (QED) is 0.856. The first-order valence-electron chi connectivity index (χ1n) is 4.84. The summed E-state index contributed by atoms with van der Waals surface area (Å²) in [6.45, 7) is 1.96. The van der Waals surface area contributed by atoms with Crippen LogP contribution in [0.5, 0.6) is 0 Å². The topological polar surface area (TPSA) is 32.3 Å². The Morgan fingerprint density at radius 2 is 1.93 bits per heavy atom. The third kappa shape index (κ3) is 3.83. The SMILES string of the molecule is CCSC(=O)Nc1ccc(N(C)C)cc1. The molecule has 0 saturated carbocycles. The van der Waals surface area contributed by atoms with Gasteiger partial charge in [-0.2, -0.15) is 0 Å². The number of rotatable bonds is 3. The lowest BCUT2D eigenvalue weighted by Gasteiger charge is -2.12. The summed E-state index contributed by atoms with van der Waals surface area (Å²) < 4.78 is 0. The Hall–Kier alpha value is -1.16. The van der Waals surface area contributed by atoms with E-state index in [9.17, 15) is 4.79 Å². The number of thioether (sulfide) groups is 1. The van der Waals surface area contributed by atoms with Gasteiger partial charge in [-0.1, -0.05) is 18.7 Å². The van der Waals surface area contributed by atoms with Gasteiger partial charge < -0.3 is 10.2 Å². The highest BCUT2D eigenvalue weighted by Crippen LogP contribution is 2.17. The molecule has 4 heteroatoms. The molecule has 0 unspecified atom stereocenters. The maximum Gasteiger partial charge on any atom is 0.283 e. The van der Waals surface area contributed by atoms with Gasteiger partial charge in [0.1, 0.15) is 0 Å². The number of nitrogens with zero attached hydrogens (tertiary/aromatic N) is 1.